The fraction of sp³-hybridized carbons (Fsp3) is 0.583. The standard InChI is InChI=1S/C12H18N4OS2/c1-17-10(13)4-6-18-7-9-8-19-12(15-9)16-11-3-2-5-14-11/h8,13H,2-7H2,1H3,(H,14,15,16). The Morgan fingerprint density at radius 2 is 2.53 bits per heavy atom. The molecule has 0 spiro atoms. The maximum Gasteiger partial charge on any atom is 0.188 e. The van der Waals surface area contributed by atoms with E-state index in [-0.39, 0.29) is 0 Å². The van der Waals surface area contributed by atoms with Crippen LogP contribution in [0.15, 0.2) is 10.4 Å². The Morgan fingerprint density at radius 1 is 1.63 bits per heavy atom. The maximum absolute atomic E-state index is 7.38. The summed E-state index contributed by atoms with van der Waals surface area (Å²) in [4.78, 5) is 8.91. The average molecular weight is 298 g/mol. The van der Waals surface area contributed by atoms with Crippen LogP contribution in [-0.4, -0.2) is 36.1 Å². The molecule has 2 rings (SSSR count). The number of ether oxygens (including phenoxy) is 1. The molecule has 1 aliphatic heterocycles. The number of aliphatic imine (C=N–C) groups is 1. The van der Waals surface area contributed by atoms with Crippen molar-refractivity contribution >= 4 is 40.0 Å². The highest BCUT2D eigenvalue weighted by atomic mass is 32.2. The first kappa shape index (κ1) is 14.3. The maximum atomic E-state index is 7.38. The summed E-state index contributed by atoms with van der Waals surface area (Å²) in [7, 11) is 1.54. The molecule has 2 heterocycles. The monoisotopic (exact) mass is 298 g/mol. The number of methoxy groups -OCH3 is 1. The molecule has 0 fully saturated rings. The summed E-state index contributed by atoms with van der Waals surface area (Å²) >= 11 is 3.39. The zero-order chi connectivity index (χ0) is 13.5. The first-order valence-electron chi connectivity index (χ1n) is 6.22. The van der Waals surface area contributed by atoms with Gasteiger partial charge in [0.2, 0.25) is 0 Å². The van der Waals surface area contributed by atoms with Gasteiger partial charge in [-0.2, -0.15) is 11.8 Å². The van der Waals surface area contributed by atoms with E-state index in [0.29, 0.717) is 12.3 Å². The van der Waals surface area contributed by atoms with Crippen LogP contribution in [0.3, 0.4) is 0 Å². The van der Waals surface area contributed by atoms with Crippen molar-refractivity contribution in [2.24, 2.45) is 4.99 Å². The van der Waals surface area contributed by atoms with Crippen LogP contribution >= 0.6 is 23.1 Å². The fourth-order valence-corrected chi connectivity index (χ4v) is 3.31. The fourth-order valence-electron chi connectivity index (χ4n) is 1.64. The molecule has 0 bridgehead atoms. The second-order valence-corrected chi connectivity index (χ2v) is 6.09. The topological polar surface area (TPSA) is 70.4 Å². The molecule has 1 aromatic rings. The van der Waals surface area contributed by atoms with Crippen LogP contribution in [0.1, 0.15) is 25.0 Å². The minimum Gasteiger partial charge on any atom is -0.484 e. The molecule has 0 radical (unpaired) electrons. The molecule has 2 N–H and O–H groups in total. The third kappa shape index (κ3) is 4.83. The molecule has 1 aliphatic rings. The number of nitrogens with zero attached hydrogens (tertiary/aromatic N) is 2. The molecule has 104 valence electrons. The van der Waals surface area contributed by atoms with E-state index in [1.54, 1.807) is 23.1 Å². The molecule has 0 aromatic carbocycles. The van der Waals surface area contributed by atoms with Gasteiger partial charge >= 0.3 is 0 Å². The second kappa shape index (κ2) is 7.49. The summed E-state index contributed by atoms with van der Waals surface area (Å²) in [6.07, 6.45) is 2.85. The van der Waals surface area contributed by atoms with Crippen LogP contribution in [0.4, 0.5) is 5.13 Å². The van der Waals surface area contributed by atoms with E-state index in [4.69, 9.17) is 10.1 Å². The lowest BCUT2D eigenvalue weighted by molar-refractivity contribution is 0.389. The number of nitrogens with one attached hydrogen (secondary N) is 2. The zero-order valence-corrected chi connectivity index (χ0v) is 12.6. The largest absolute Gasteiger partial charge is 0.484 e. The Hall–Kier alpha value is -1.08. The number of aromatic nitrogens is 1. The summed E-state index contributed by atoms with van der Waals surface area (Å²) in [6.45, 7) is 0.932. The summed E-state index contributed by atoms with van der Waals surface area (Å²) in [5, 5.41) is 13.7. The predicted molar refractivity (Wildman–Crippen MR) is 82.8 cm³/mol. The molecular weight excluding hydrogens is 280 g/mol. The highest BCUT2D eigenvalue weighted by Gasteiger charge is 2.09. The molecule has 0 atom stereocenters. The van der Waals surface area contributed by atoms with Gasteiger partial charge in [0.25, 0.3) is 0 Å². The molecule has 7 heteroatoms. The molecular formula is C12H18N4OS2. The number of thiazole rings is 1. The molecule has 0 amide bonds. The van der Waals surface area contributed by atoms with Gasteiger partial charge in [0.1, 0.15) is 5.84 Å². The van der Waals surface area contributed by atoms with Gasteiger partial charge in [-0.25, -0.2) is 4.98 Å². The minimum atomic E-state index is 0.340. The van der Waals surface area contributed by atoms with E-state index >= 15 is 0 Å². The van der Waals surface area contributed by atoms with Gasteiger partial charge in [-0.15, -0.1) is 11.3 Å². The van der Waals surface area contributed by atoms with E-state index in [1.165, 1.54) is 7.11 Å². The van der Waals surface area contributed by atoms with Gasteiger partial charge in [0.15, 0.2) is 11.0 Å². The van der Waals surface area contributed by atoms with Crippen LogP contribution in [0.2, 0.25) is 0 Å². The highest BCUT2D eigenvalue weighted by molar-refractivity contribution is 7.98. The van der Waals surface area contributed by atoms with Gasteiger partial charge in [0.05, 0.1) is 12.8 Å². The van der Waals surface area contributed by atoms with Crippen LogP contribution in [0, 0.1) is 5.41 Å². The first-order chi connectivity index (χ1) is 9.28. The summed E-state index contributed by atoms with van der Waals surface area (Å²) < 4.78 is 4.81. The van der Waals surface area contributed by atoms with Crippen molar-refractivity contribution in [2.45, 2.75) is 25.0 Å². The van der Waals surface area contributed by atoms with Crippen LogP contribution in [-0.2, 0) is 10.5 Å². The Bertz CT molecular complexity index is 458. The van der Waals surface area contributed by atoms with Crippen molar-refractivity contribution in [3.05, 3.63) is 11.1 Å². The van der Waals surface area contributed by atoms with Crippen molar-refractivity contribution < 1.29 is 4.74 Å². The Kier molecular flexibility index (Phi) is 5.65. The Morgan fingerprint density at radius 3 is 3.26 bits per heavy atom. The first-order valence-corrected chi connectivity index (χ1v) is 8.25. The van der Waals surface area contributed by atoms with Crippen LogP contribution in [0.5, 0.6) is 0 Å². The van der Waals surface area contributed by atoms with Crippen molar-refractivity contribution in [3.8, 4) is 0 Å². The van der Waals surface area contributed by atoms with Crippen molar-refractivity contribution in [3.63, 3.8) is 0 Å². The lowest BCUT2D eigenvalue weighted by atomic mass is 10.3. The lowest BCUT2D eigenvalue weighted by Gasteiger charge is -2.01. The smallest absolute Gasteiger partial charge is 0.188 e. The highest BCUT2D eigenvalue weighted by Crippen LogP contribution is 2.21. The van der Waals surface area contributed by atoms with Crippen LogP contribution < -0.4 is 5.32 Å². The van der Waals surface area contributed by atoms with Gasteiger partial charge in [-0.05, 0) is 6.42 Å². The molecule has 0 unspecified atom stereocenters. The van der Waals surface area contributed by atoms with Gasteiger partial charge in [0, 0.05) is 36.3 Å². The van der Waals surface area contributed by atoms with Gasteiger partial charge in [-0.3, -0.25) is 10.4 Å². The van der Waals surface area contributed by atoms with Crippen molar-refractivity contribution in [1.82, 2.24) is 4.98 Å². The van der Waals surface area contributed by atoms with Crippen molar-refractivity contribution in [2.75, 3.05) is 24.7 Å². The molecule has 1 aromatic heterocycles. The molecule has 5 nitrogen and oxygen atoms in total. The lowest BCUT2D eigenvalue weighted by Crippen LogP contribution is -2.07. The van der Waals surface area contributed by atoms with E-state index < -0.39 is 0 Å². The van der Waals surface area contributed by atoms with E-state index in [2.05, 4.69) is 20.7 Å². The minimum absolute atomic E-state index is 0.340. The second-order valence-electron chi connectivity index (χ2n) is 4.13. The molecule has 0 aliphatic carbocycles. The van der Waals surface area contributed by atoms with E-state index in [0.717, 1.165) is 47.6 Å². The Balaban J connectivity index is 1.70. The number of hydrogen-bond donors (Lipinski definition) is 2. The number of thioether (sulfide) groups is 1. The van der Waals surface area contributed by atoms with Crippen LogP contribution in [0.25, 0.3) is 0 Å². The van der Waals surface area contributed by atoms with Gasteiger partial charge < -0.3 is 10.1 Å². The number of hydrogen-bond acceptors (Lipinski definition) is 7. The van der Waals surface area contributed by atoms with Gasteiger partial charge in [-0.1, -0.05) is 0 Å². The average Bonchev–Trinajstić information content (AvgIpc) is 3.07. The third-order valence-corrected chi connectivity index (χ3v) is 4.45. The van der Waals surface area contributed by atoms with Crippen molar-refractivity contribution in [1.29, 1.82) is 5.41 Å². The third-order valence-electron chi connectivity index (χ3n) is 2.65. The number of anilines is 1. The SMILES string of the molecule is COC(=N)CCSCc1csc(NC2=NCCC2)n1. The van der Waals surface area contributed by atoms with E-state index in [9.17, 15) is 0 Å². The molecule has 0 saturated carbocycles. The summed E-state index contributed by atoms with van der Waals surface area (Å²) in [5.41, 5.74) is 1.08. The summed E-state index contributed by atoms with van der Waals surface area (Å²) in [5.74, 6) is 3.16. The predicted octanol–water partition coefficient (Wildman–Crippen LogP) is 2.99. The normalized spacial score (nSPS) is 14.3. The molecule has 19 heavy (non-hydrogen) atoms. The van der Waals surface area contributed by atoms with E-state index in [1.807, 2.05) is 0 Å². The number of amidine groups is 1. The number of rotatable bonds is 6. The molecule has 0 saturated heterocycles. The quantitative estimate of drug-likeness (QED) is 0.481. The Labute approximate surface area is 121 Å². The summed E-state index contributed by atoms with van der Waals surface area (Å²) in [6, 6.07) is 0. The zero-order valence-electron chi connectivity index (χ0n) is 10.9.